The number of cyclic esters (lactones) is 1. The highest BCUT2D eigenvalue weighted by Crippen LogP contribution is 2.55. The Labute approximate surface area is 114 Å². The average molecular weight is 264 g/mol. The van der Waals surface area contributed by atoms with Crippen LogP contribution in [0.25, 0.3) is 0 Å². The summed E-state index contributed by atoms with van der Waals surface area (Å²) in [4.78, 5) is 14.2. The molecule has 1 saturated heterocycles. The summed E-state index contributed by atoms with van der Waals surface area (Å²) in [5, 5.41) is 3.11. The quantitative estimate of drug-likeness (QED) is 0.846. The van der Waals surface area contributed by atoms with Crippen molar-refractivity contribution in [1.29, 1.82) is 0 Å². The van der Waals surface area contributed by atoms with Crippen LogP contribution in [0.3, 0.4) is 0 Å². The first kappa shape index (κ1) is 12.0. The maximum Gasteiger partial charge on any atom is 0.410 e. The van der Waals surface area contributed by atoms with Crippen molar-refractivity contribution in [2.24, 2.45) is 23.7 Å². The molecule has 0 aromatic rings. The van der Waals surface area contributed by atoms with Crippen molar-refractivity contribution in [3.05, 3.63) is 0 Å². The zero-order chi connectivity index (χ0) is 13.0. The summed E-state index contributed by atoms with van der Waals surface area (Å²) < 4.78 is 5.50. The third-order valence-electron chi connectivity index (χ3n) is 5.87. The van der Waals surface area contributed by atoms with E-state index in [-0.39, 0.29) is 12.2 Å². The monoisotopic (exact) mass is 264 g/mol. The van der Waals surface area contributed by atoms with E-state index < -0.39 is 0 Å². The van der Waals surface area contributed by atoms with Gasteiger partial charge in [-0.3, -0.25) is 0 Å². The number of carbonyl (C=O) groups excluding carboxylic acids is 1. The number of amides is 1. The fraction of sp³-hybridized carbons (Fsp3) is 0.933. The first-order valence-electron chi connectivity index (χ1n) is 7.86. The molecule has 1 heterocycles. The molecule has 1 atom stereocenters. The van der Waals surface area contributed by atoms with E-state index in [2.05, 4.69) is 10.2 Å². The van der Waals surface area contributed by atoms with Crippen LogP contribution in [0.4, 0.5) is 4.79 Å². The molecule has 4 heteroatoms. The highest BCUT2D eigenvalue weighted by Gasteiger charge is 2.52. The molecule has 5 fully saturated rings. The Morgan fingerprint density at radius 1 is 1.16 bits per heavy atom. The highest BCUT2D eigenvalue weighted by atomic mass is 16.6. The second-order valence-electron chi connectivity index (χ2n) is 7.14. The minimum atomic E-state index is -0.0577. The SMILES string of the molecule is CNCC1CN(C2C3CC4CC(C3)CC2C4)C(=O)O1. The summed E-state index contributed by atoms with van der Waals surface area (Å²) in [6, 6.07) is 0.488. The maximum atomic E-state index is 12.2. The lowest BCUT2D eigenvalue weighted by Gasteiger charge is -2.56. The zero-order valence-electron chi connectivity index (χ0n) is 11.7. The van der Waals surface area contributed by atoms with Gasteiger partial charge in [-0.05, 0) is 62.8 Å². The summed E-state index contributed by atoms with van der Waals surface area (Å²) in [5.74, 6) is 3.45. The number of nitrogens with one attached hydrogen (secondary N) is 1. The zero-order valence-corrected chi connectivity index (χ0v) is 11.7. The molecule has 1 N–H and O–H groups in total. The molecule has 0 aromatic heterocycles. The third-order valence-corrected chi connectivity index (χ3v) is 5.87. The molecular formula is C15H24N2O2. The Balaban J connectivity index is 1.51. The van der Waals surface area contributed by atoms with Crippen molar-refractivity contribution < 1.29 is 9.53 Å². The van der Waals surface area contributed by atoms with Crippen LogP contribution >= 0.6 is 0 Å². The van der Waals surface area contributed by atoms with E-state index in [1.165, 1.54) is 32.1 Å². The van der Waals surface area contributed by atoms with E-state index >= 15 is 0 Å². The molecular weight excluding hydrogens is 240 g/mol. The second-order valence-corrected chi connectivity index (χ2v) is 7.14. The molecule has 1 aliphatic heterocycles. The van der Waals surface area contributed by atoms with Gasteiger partial charge in [0.05, 0.1) is 6.54 Å². The molecule has 5 rings (SSSR count). The Morgan fingerprint density at radius 3 is 2.37 bits per heavy atom. The van der Waals surface area contributed by atoms with Crippen molar-refractivity contribution in [2.75, 3.05) is 20.1 Å². The van der Waals surface area contributed by atoms with Crippen molar-refractivity contribution >= 4 is 6.09 Å². The number of likely N-dealkylation sites (N-methyl/N-ethyl adjacent to an activating group) is 1. The van der Waals surface area contributed by atoms with Crippen LogP contribution in [0, 0.1) is 23.7 Å². The summed E-state index contributed by atoms with van der Waals surface area (Å²) in [7, 11) is 1.92. The average Bonchev–Trinajstić information content (AvgIpc) is 2.69. The van der Waals surface area contributed by atoms with Crippen LogP contribution in [0.5, 0.6) is 0 Å². The minimum Gasteiger partial charge on any atom is -0.443 e. The Bertz CT molecular complexity index is 356. The predicted molar refractivity (Wildman–Crippen MR) is 71.7 cm³/mol. The number of carbonyl (C=O) groups is 1. The summed E-state index contributed by atoms with van der Waals surface area (Å²) in [5.41, 5.74) is 0. The molecule has 4 bridgehead atoms. The minimum absolute atomic E-state index is 0.0506. The first-order valence-corrected chi connectivity index (χ1v) is 7.86. The van der Waals surface area contributed by atoms with E-state index in [0.717, 1.165) is 36.8 Å². The molecule has 4 saturated carbocycles. The number of rotatable bonds is 3. The van der Waals surface area contributed by atoms with Crippen LogP contribution in [0.1, 0.15) is 32.1 Å². The molecule has 4 aliphatic carbocycles. The lowest BCUT2D eigenvalue weighted by Crippen LogP contribution is -2.56. The lowest BCUT2D eigenvalue weighted by atomic mass is 9.54. The van der Waals surface area contributed by atoms with Gasteiger partial charge in [0, 0.05) is 12.6 Å². The Kier molecular flexibility index (Phi) is 2.76. The second kappa shape index (κ2) is 4.37. The summed E-state index contributed by atoms with van der Waals surface area (Å²) in [6.07, 6.45) is 6.89. The Morgan fingerprint density at radius 2 is 1.79 bits per heavy atom. The van der Waals surface area contributed by atoms with Gasteiger partial charge in [0.15, 0.2) is 0 Å². The first-order chi connectivity index (χ1) is 9.24. The number of hydrogen-bond acceptors (Lipinski definition) is 3. The molecule has 0 radical (unpaired) electrons. The van der Waals surface area contributed by atoms with Crippen LogP contribution < -0.4 is 5.32 Å². The fourth-order valence-electron chi connectivity index (χ4n) is 5.52. The van der Waals surface area contributed by atoms with E-state index in [4.69, 9.17) is 4.74 Å². The van der Waals surface area contributed by atoms with Gasteiger partial charge in [-0.25, -0.2) is 4.79 Å². The maximum absolute atomic E-state index is 12.2. The molecule has 0 aromatic carbocycles. The van der Waals surface area contributed by atoms with E-state index in [1.54, 1.807) is 0 Å². The third kappa shape index (κ3) is 1.87. The van der Waals surface area contributed by atoms with Gasteiger partial charge in [-0.2, -0.15) is 0 Å². The van der Waals surface area contributed by atoms with Gasteiger partial charge in [-0.15, -0.1) is 0 Å². The smallest absolute Gasteiger partial charge is 0.410 e. The molecule has 5 aliphatic rings. The van der Waals surface area contributed by atoms with Crippen LogP contribution in [0.15, 0.2) is 0 Å². The van der Waals surface area contributed by atoms with Crippen LogP contribution in [-0.2, 0) is 4.74 Å². The van der Waals surface area contributed by atoms with Crippen molar-refractivity contribution in [2.45, 2.75) is 44.2 Å². The van der Waals surface area contributed by atoms with Crippen molar-refractivity contribution in [3.63, 3.8) is 0 Å². The van der Waals surface area contributed by atoms with Gasteiger partial charge in [0.1, 0.15) is 6.10 Å². The normalized spacial score (nSPS) is 47.8. The molecule has 1 amide bonds. The van der Waals surface area contributed by atoms with Gasteiger partial charge < -0.3 is 15.0 Å². The molecule has 1 unspecified atom stereocenters. The molecule has 19 heavy (non-hydrogen) atoms. The molecule has 4 nitrogen and oxygen atoms in total. The van der Waals surface area contributed by atoms with Gasteiger partial charge in [-0.1, -0.05) is 0 Å². The topological polar surface area (TPSA) is 41.6 Å². The molecule has 0 spiro atoms. The number of nitrogens with zero attached hydrogens (tertiary/aromatic N) is 1. The van der Waals surface area contributed by atoms with E-state index in [9.17, 15) is 4.79 Å². The molecule has 106 valence electrons. The predicted octanol–water partition coefficient (Wildman–Crippen LogP) is 1.85. The summed E-state index contributed by atoms with van der Waals surface area (Å²) >= 11 is 0. The van der Waals surface area contributed by atoms with Crippen molar-refractivity contribution in [3.8, 4) is 0 Å². The standard InChI is InChI=1S/C15H24N2O2/c1-16-7-13-8-17(15(18)19-13)14-11-3-9-2-10(5-11)6-12(14)4-9/h9-14,16H,2-8H2,1H3. The van der Waals surface area contributed by atoms with Gasteiger partial charge >= 0.3 is 6.09 Å². The number of hydrogen-bond donors (Lipinski definition) is 1. The van der Waals surface area contributed by atoms with E-state index in [0.29, 0.717) is 6.04 Å². The van der Waals surface area contributed by atoms with E-state index in [1.807, 2.05) is 7.05 Å². The van der Waals surface area contributed by atoms with Gasteiger partial charge in [0.25, 0.3) is 0 Å². The lowest BCUT2D eigenvalue weighted by molar-refractivity contribution is -0.0480. The van der Waals surface area contributed by atoms with Crippen LogP contribution in [0.2, 0.25) is 0 Å². The summed E-state index contributed by atoms with van der Waals surface area (Å²) in [6.45, 7) is 1.57. The highest BCUT2D eigenvalue weighted by molar-refractivity contribution is 5.70. The Hall–Kier alpha value is -0.770. The van der Waals surface area contributed by atoms with Gasteiger partial charge in [0.2, 0.25) is 0 Å². The number of ether oxygens (including phenoxy) is 1. The van der Waals surface area contributed by atoms with Crippen LogP contribution in [-0.4, -0.2) is 43.3 Å². The van der Waals surface area contributed by atoms with Crippen molar-refractivity contribution in [1.82, 2.24) is 10.2 Å². The largest absolute Gasteiger partial charge is 0.443 e. The fourth-order valence-corrected chi connectivity index (χ4v) is 5.52.